The minimum absolute atomic E-state index is 0.273. The lowest BCUT2D eigenvalue weighted by atomic mass is 9.81. The van der Waals surface area contributed by atoms with E-state index in [0.717, 1.165) is 12.1 Å². The lowest BCUT2D eigenvalue weighted by Gasteiger charge is -2.38. The molecule has 1 aliphatic rings. The molecule has 0 fully saturated rings. The van der Waals surface area contributed by atoms with Gasteiger partial charge in [-0.25, -0.2) is 9.07 Å². The Kier molecular flexibility index (Phi) is 7.55. The number of hydrogen-bond donors (Lipinski definition) is 2. The number of aryl methyl sites for hydroxylation is 1. The van der Waals surface area contributed by atoms with Gasteiger partial charge in [0.15, 0.2) is 0 Å². The molecule has 1 aromatic heterocycles. The standard InChI is InChI=1S/C30H25F4N5O3/c1-17-24-25(19-11-13-22(31)14-12-19)26(36-27(41)20-7-6-8-21(15-20)30(32,33)34)29(42)38(16-35-18(2)40)28(24)39(37-17)23-9-4-3-5-10-23/h3-15,25-26H,16H2,1-2H3,(H,35,40)(H,36,41)/t25-,26-/m0/s1. The van der Waals surface area contributed by atoms with Crippen LogP contribution in [-0.2, 0) is 15.8 Å². The SMILES string of the molecule is CC(=O)NCN1C(=O)[C@@H](NC(=O)c2cccc(C(F)(F)F)c2)[C@@H](c2ccc(F)cc2)c2c(C)nn(-c3ccccc3)c21. The second-order valence-electron chi connectivity index (χ2n) is 9.79. The normalized spacial score (nSPS) is 16.6. The fourth-order valence-corrected chi connectivity index (χ4v) is 5.06. The van der Waals surface area contributed by atoms with Crippen LogP contribution in [0.15, 0.2) is 78.9 Å². The molecule has 2 atom stereocenters. The number of alkyl halides is 3. The molecular formula is C30H25F4N5O3. The van der Waals surface area contributed by atoms with Crippen LogP contribution in [0.4, 0.5) is 23.4 Å². The lowest BCUT2D eigenvalue weighted by molar-refractivity contribution is -0.137. The van der Waals surface area contributed by atoms with E-state index < -0.39 is 47.2 Å². The van der Waals surface area contributed by atoms with Crippen LogP contribution in [0.2, 0.25) is 0 Å². The van der Waals surface area contributed by atoms with Crippen molar-refractivity contribution < 1.29 is 31.9 Å². The van der Waals surface area contributed by atoms with Gasteiger partial charge in [0, 0.05) is 24.0 Å². The number of para-hydroxylation sites is 1. The third-order valence-corrected chi connectivity index (χ3v) is 6.97. The number of amides is 3. The number of aromatic nitrogens is 2. The van der Waals surface area contributed by atoms with Gasteiger partial charge >= 0.3 is 6.18 Å². The number of halogens is 4. The predicted molar refractivity (Wildman–Crippen MR) is 145 cm³/mol. The molecular weight excluding hydrogens is 554 g/mol. The van der Waals surface area contributed by atoms with Gasteiger partial charge in [-0.2, -0.15) is 18.3 Å². The van der Waals surface area contributed by atoms with Crippen LogP contribution in [0.25, 0.3) is 5.69 Å². The molecule has 0 aliphatic carbocycles. The molecule has 0 saturated heterocycles. The Morgan fingerprint density at radius 2 is 1.67 bits per heavy atom. The highest BCUT2D eigenvalue weighted by Gasteiger charge is 2.46. The van der Waals surface area contributed by atoms with Crippen LogP contribution in [0, 0.1) is 12.7 Å². The molecule has 2 N–H and O–H groups in total. The van der Waals surface area contributed by atoms with Crippen molar-refractivity contribution in [3.05, 3.63) is 113 Å². The van der Waals surface area contributed by atoms with E-state index in [9.17, 15) is 31.9 Å². The molecule has 3 aromatic carbocycles. The number of carbonyl (C=O) groups is 3. The molecule has 5 rings (SSSR count). The van der Waals surface area contributed by atoms with Gasteiger partial charge in [-0.15, -0.1) is 0 Å². The fraction of sp³-hybridized carbons (Fsp3) is 0.200. The molecule has 0 unspecified atom stereocenters. The summed E-state index contributed by atoms with van der Waals surface area (Å²) in [5, 5.41) is 9.90. The number of benzene rings is 3. The third kappa shape index (κ3) is 5.47. The molecule has 8 nitrogen and oxygen atoms in total. The highest BCUT2D eigenvalue weighted by atomic mass is 19.4. The van der Waals surface area contributed by atoms with Crippen molar-refractivity contribution in [1.29, 1.82) is 0 Å². The van der Waals surface area contributed by atoms with E-state index in [1.54, 1.807) is 35.9 Å². The smallest absolute Gasteiger partial charge is 0.339 e. The van der Waals surface area contributed by atoms with Gasteiger partial charge in [0.1, 0.15) is 17.7 Å². The van der Waals surface area contributed by atoms with Crippen LogP contribution < -0.4 is 15.5 Å². The maximum Gasteiger partial charge on any atom is 0.416 e. The maximum absolute atomic E-state index is 14.2. The summed E-state index contributed by atoms with van der Waals surface area (Å²) < 4.78 is 55.5. The number of nitrogens with one attached hydrogen (secondary N) is 2. The van der Waals surface area contributed by atoms with Crippen molar-refractivity contribution in [3.63, 3.8) is 0 Å². The van der Waals surface area contributed by atoms with Gasteiger partial charge < -0.3 is 10.6 Å². The van der Waals surface area contributed by atoms with E-state index in [-0.39, 0.29) is 12.2 Å². The Bertz CT molecular complexity index is 1650. The van der Waals surface area contributed by atoms with Crippen molar-refractivity contribution in [3.8, 4) is 5.69 Å². The molecule has 4 aromatic rings. The highest BCUT2D eigenvalue weighted by molar-refractivity contribution is 6.05. The number of fused-ring (bicyclic) bond motifs is 1. The summed E-state index contributed by atoms with van der Waals surface area (Å²) in [6.07, 6.45) is -4.68. The molecule has 0 bridgehead atoms. The summed E-state index contributed by atoms with van der Waals surface area (Å²) in [6.45, 7) is 2.72. The number of rotatable bonds is 6. The Morgan fingerprint density at radius 1 is 0.976 bits per heavy atom. The average molecular weight is 580 g/mol. The Hall–Kier alpha value is -5.00. The number of anilines is 1. The maximum atomic E-state index is 14.2. The summed E-state index contributed by atoms with van der Waals surface area (Å²) in [7, 11) is 0. The zero-order valence-electron chi connectivity index (χ0n) is 22.4. The van der Waals surface area contributed by atoms with E-state index in [0.29, 0.717) is 34.4 Å². The van der Waals surface area contributed by atoms with Gasteiger partial charge in [0.05, 0.1) is 23.6 Å². The second kappa shape index (κ2) is 11.1. The first-order valence-electron chi connectivity index (χ1n) is 12.9. The summed E-state index contributed by atoms with van der Waals surface area (Å²) >= 11 is 0. The molecule has 0 saturated carbocycles. The van der Waals surface area contributed by atoms with Crippen LogP contribution in [-0.4, -0.2) is 40.2 Å². The van der Waals surface area contributed by atoms with E-state index >= 15 is 0 Å². The van der Waals surface area contributed by atoms with Crippen molar-refractivity contribution in [2.45, 2.75) is 32.0 Å². The molecule has 1 aliphatic heterocycles. The third-order valence-electron chi connectivity index (χ3n) is 6.97. The first kappa shape index (κ1) is 28.5. The fourth-order valence-electron chi connectivity index (χ4n) is 5.06. The summed E-state index contributed by atoms with van der Waals surface area (Å²) in [6, 6.07) is 16.8. The largest absolute Gasteiger partial charge is 0.416 e. The van der Waals surface area contributed by atoms with Crippen molar-refractivity contribution in [2.24, 2.45) is 0 Å². The summed E-state index contributed by atoms with van der Waals surface area (Å²) in [5.74, 6) is -3.07. The molecule has 3 amide bonds. The minimum atomic E-state index is -4.68. The van der Waals surface area contributed by atoms with Crippen LogP contribution in [0.5, 0.6) is 0 Å². The van der Waals surface area contributed by atoms with E-state index in [1.807, 2.05) is 6.07 Å². The Labute approximate surface area is 237 Å². The van der Waals surface area contributed by atoms with E-state index in [4.69, 9.17) is 0 Å². The van der Waals surface area contributed by atoms with Crippen molar-refractivity contribution in [1.82, 2.24) is 20.4 Å². The number of carbonyl (C=O) groups excluding carboxylic acids is 3. The van der Waals surface area contributed by atoms with Gasteiger partial charge in [-0.3, -0.25) is 19.3 Å². The topological polar surface area (TPSA) is 96.3 Å². The first-order valence-corrected chi connectivity index (χ1v) is 12.9. The quantitative estimate of drug-likeness (QED) is 0.324. The van der Waals surface area contributed by atoms with Crippen molar-refractivity contribution >= 4 is 23.5 Å². The lowest BCUT2D eigenvalue weighted by Crippen LogP contribution is -2.57. The van der Waals surface area contributed by atoms with Gasteiger partial charge in [-0.1, -0.05) is 36.4 Å². The number of hydrogen-bond acceptors (Lipinski definition) is 4. The average Bonchev–Trinajstić information content (AvgIpc) is 3.30. The molecule has 12 heteroatoms. The minimum Gasteiger partial charge on any atom is -0.339 e. The molecule has 216 valence electrons. The van der Waals surface area contributed by atoms with Crippen LogP contribution in [0.1, 0.15) is 45.6 Å². The van der Waals surface area contributed by atoms with E-state index in [2.05, 4.69) is 15.7 Å². The van der Waals surface area contributed by atoms with Gasteiger partial charge in [0.25, 0.3) is 11.8 Å². The van der Waals surface area contributed by atoms with E-state index in [1.165, 1.54) is 42.2 Å². The Balaban J connectivity index is 1.67. The zero-order valence-corrected chi connectivity index (χ0v) is 22.4. The van der Waals surface area contributed by atoms with Gasteiger partial charge in [-0.05, 0) is 55.0 Å². The van der Waals surface area contributed by atoms with Crippen molar-refractivity contribution in [2.75, 3.05) is 11.6 Å². The second-order valence-corrected chi connectivity index (χ2v) is 9.79. The molecule has 0 radical (unpaired) electrons. The molecule has 2 heterocycles. The summed E-state index contributed by atoms with van der Waals surface area (Å²) in [4.78, 5) is 40.7. The Morgan fingerprint density at radius 3 is 2.31 bits per heavy atom. The van der Waals surface area contributed by atoms with Crippen LogP contribution >= 0.6 is 0 Å². The first-order chi connectivity index (χ1) is 20.0. The summed E-state index contributed by atoms with van der Waals surface area (Å²) in [5.41, 5.74) is 0.773. The van der Waals surface area contributed by atoms with Gasteiger partial charge in [0.2, 0.25) is 5.91 Å². The zero-order chi connectivity index (χ0) is 30.2. The predicted octanol–water partition coefficient (Wildman–Crippen LogP) is 4.71. The molecule has 0 spiro atoms. The monoisotopic (exact) mass is 579 g/mol. The highest BCUT2D eigenvalue weighted by Crippen LogP contribution is 2.43. The van der Waals surface area contributed by atoms with Crippen LogP contribution in [0.3, 0.4) is 0 Å². The molecule has 42 heavy (non-hydrogen) atoms. The number of nitrogens with zero attached hydrogens (tertiary/aromatic N) is 3.